The number of fused-ring (bicyclic) bond motifs is 5. The SMILES string of the molecule is c1ccc(-n2c3ccccc3c3ccc(-c4cc(Nc5ccc(-c6cccc7ccccc67)cc5)cc(-c5ccc6ccccc6c5)c4)cc32)cc1. The monoisotopic (exact) mass is 662 g/mol. The minimum Gasteiger partial charge on any atom is -0.355 e. The predicted molar refractivity (Wildman–Crippen MR) is 222 cm³/mol. The number of hydrogen-bond acceptors (Lipinski definition) is 1. The minimum atomic E-state index is 1.04. The largest absolute Gasteiger partial charge is 0.355 e. The van der Waals surface area contributed by atoms with Crippen LogP contribution in [0.25, 0.3) is 82.4 Å². The maximum atomic E-state index is 3.77. The van der Waals surface area contributed by atoms with Gasteiger partial charge in [-0.15, -0.1) is 0 Å². The number of rotatable bonds is 6. The van der Waals surface area contributed by atoms with E-state index in [0.717, 1.165) is 22.6 Å². The molecule has 0 saturated carbocycles. The van der Waals surface area contributed by atoms with Crippen LogP contribution in [0.1, 0.15) is 0 Å². The minimum absolute atomic E-state index is 1.04. The van der Waals surface area contributed by atoms with Crippen molar-refractivity contribution in [1.29, 1.82) is 0 Å². The molecule has 0 aliphatic rings. The second kappa shape index (κ2) is 12.5. The normalized spacial score (nSPS) is 11.5. The van der Waals surface area contributed by atoms with Crippen LogP contribution < -0.4 is 5.32 Å². The predicted octanol–water partition coefficient (Wildman–Crippen LogP) is 13.8. The average molecular weight is 663 g/mol. The summed E-state index contributed by atoms with van der Waals surface area (Å²) in [6, 6.07) is 72.4. The Morgan fingerprint density at radius 2 is 0.923 bits per heavy atom. The molecule has 244 valence electrons. The lowest BCUT2D eigenvalue weighted by molar-refractivity contribution is 1.18. The van der Waals surface area contributed by atoms with Gasteiger partial charge in [-0.2, -0.15) is 0 Å². The molecule has 1 aromatic heterocycles. The van der Waals surface area contributed by atoms with Crippen molar-refractivity contribution in [2.75, 3.05) is 5.32 Å². The molecule has 0 fully saturated rings. The maximum Gasteiger partial charge on any atom is 0.0547 e. The lowest BCUT2D eigenvalue weighted by atomic mass is 9.95. The highest BCUT2D eigenvalue weighted by molar-refractivity contribution is 6.10. The molecule has 1 N–H and O–H groups in total. The summed E-state index contributed by atoms with van der Waals surface area (Å²) in [5, 5.41) is 11.3. The molecular formula is C50H34N2. The molecule has 2 heteroatoms. The van der Waals surface area contributed by atoms with E-state index in [1.165, 1.54) is 71.2 Å². The van der Waals surface area contributed by atoms with E-state index in [1.54, 1.807) is 0 Å². The van der Waals surface area contributed by atoms with E-state index in [2.05, 4.69) is 210 Å². The highest BCUT2D eigenvalue weighted by atomic mass is 15.0. The first-order valence-corrected chi connectivity index (χ1v) is 17.8. The zero-order valence-corrected chi connectivity index (χ0v) is 28.5. The molecule has 52 heavy (non-hydrogen) atoms. The third-order valence-corrected chi connectivity index (χ3v) is 10.3. The van der Waals surface area contributed by atoms with Crippen molar-refractivity contribution >= 4 is 54.7 Å². The van der Waals surface area contributed by atoms with E-state index in [0.29, 0.717) is 0 Å². The van der Waals surface area contributed by atoms with Crippen molar-refractivity contribution in [3.05, 3.63) is 200 Å². The van der Waals surface area contributed by atoms with Crippen molar-refractivity contribution in [3.63, 3.8) is 0 Å². The van der Waals surface area contributed by atoms with E-state index >= 15 is 0 Å². The van der Waals surface area contributed by atoms with Gasteiger partial charge < -0.3 is 9.88 Å². The Balaban J connectivity index is 1.10. The van der Waals surface area contributed by atoms with E-state index in [1.807, 2.05) is 0 Å². The zero-order chi connectivity index (χ0) is 34.4. The van der Waals surface area contributed by atoms with Gasteiger partial charge in [0.05, 0.1) is 11.0 Å². The molecule has 0 saturated heterocycles. The van der Waals surface area contributed by atoms with Crippen LogP contribution >= 0.6 is 0 Å². The van der Waals surface area contributed by atoms with E-state index in [9.17, 15) is 0 Å². The Bertz CT molecular complexity index is 2910. The molecule has 2 nitrogen and oxygen atoms in total. The second-order valence-electron chi connectivity index (χ2n) is 13.5. The molecule has 10 rings (SSSR count). The highest BCUT2D eigenvalue weighted by Gasteiger charge is 2.14. The maximum absolute atomic E-state index is 3.77. The standard InChI is InChI=1S/C50H34N2/c1-2-15-44(16-3-1)52-49-20-9-8-18-47(49)48-28-25-39(33-50(48)52)41-30-40(38-22-21-34-11-4-5-13-37(34)29-38)31-43(32-41)51-42-26-23-36(24-27-42)46-19-10-14-35-12-6-7-17-45(35)46/h1-33,51H. The lowest BCUT2D eigenvalue weighted by Gasteiger charge is -2.15. The van der Waals surface area contributed by atoms with Crippen molar-refractivity contribution in [2.45, 2.75) is 0 Å². The smallest absolute Gasteiger partial charge is 0.0547 e. The Morgan fingerprint density at radius 3 is 1.75 bits per heavy atom. The number of nitrogens with one attached hydrogen (secondary N) is 1. The summed E-state index contributed by atoms with van der Waals surface area (Å²) in [4.78, 5) is 0. The molecule has 0 bridgehead atoms. The Labute approximate surface area is 302 Å². The first-order valence-electron chi connectivity index (χ1n) is 17.8. The Morgan fingerprint density at radius 1 is 0.308 bits per heavy atom. The number of hydrogen-bond donors (Lipinski definition) is 1. The van der Waals surface area contributed by atoms with E-state index < -0.39 is 0 Å². The fraction of sp³-hybridized carbons (Fsp3) is 0. The summed E-state index contributed by atoms with van der Waals surface area (Å²) in [5.74, 6) is 0. The second-order valence-corrected chi connectivity index (χ2v) is 13.5. The molecule has 10 aromatic rings. The highest BCUT2D eigenvalue weighted by Crippen LogP contribution is 2.38. The first kappa shape index (κ1) is 30.0. The summed E-state index contributed by atoms with van der Waals surface area (Å²) in [6.45, 7) is 0. The summed E-state index contributed by atoms with van der Waals surface area (Å²) in [5.41, 5.74) is 12.8. The van der Waals surface area contributed by atoms with E-state index in [4.69, 9.17) is 0 Å². The van der Waals surface area contributed by atoms with Crippen LogP contribution in [0.3, 0.4) is 0 Å². The number of benzene rings is 9. The molecule has 9 aromatic carbocycles. The fourth-order valence-corrected chi connectivity index (χ4v) is 7.78. The Kier molecular flexibility index (Phi) is 7.18. The van der Waals surface area contributed by atoms with Crippen molar-refractivity contribution < 1.29 is 0 Å². The summed E-state index contributed by atoms with van der Waals surface area (Å²) in [6.07, 6.45) is 0. The van der Waals surface area contributed by atoms with Gasteiger partial charge in [-0.05, 0) is 116 Å². The van der Waals surface area contributed by atoms with Crippen LogP contribution in [0.4, 0.5) is 11.4 Å². The van der Waals surface area contributed by atoms with Crippen LogP contribution in [0.2, 0.25) is 0 Å². The summed E-state index contributed by atoms with van der Waals surface area (Å²) >= 11 is 0. The van der Waals surface area contributed by atoms with Gasteiger partial charge in [0.2, 0.25) is 0 Å². The molecule has 0 aliphatic carbocycles. The average Bonchev–Trinajstić information content (AvgIpc) is 3.55. The van der Waals surface area contributed by atoms with Gasteiger partial charge in [-0.3, -0.25) is 0 Å². The zero-order valence-electron chi connectivity index (χ0n) is 28.5. The number of anilines is 2. The van der Waals surface area contributed by atoms with Gasteiger partial charge in [0, 0.05) is 27.8 Å². The Hall–Kier alpha value is -6.90. The summed E-state index contributed by atoms with van der Waals surface area (Å²) in [7, 11) is 0. The molecule has 0 aliphatic heterocycles. The van der Waals surface area contributed by atoms with Gasteiger partial charge in [-0.1, -0.05) is 140 Å². The first-order chi connectivity index (χ1) is 25.7. The van der Waals surface area contributed by atoms with Crippen molar-refractivity contribution in [3.8, 4) is 39.1 Å². The molecule has 0 amide bonds. The molecular weight excluding hydrogens is 629 g/mol. The molecule has 1 heterocycles. The van der Waals surface area contributed by atoms with Gasteiger partial charge in [0.15, 0.2) is 0 Å². The van der Waals surface area contributed by atoms with Crippen LogP contribution in [-0.2, 0) is 0 Å². The number of para-hydroxylation sites is 2. The van der Waals surface area contributed by atoms with Crippen LogP contribution in [0.15, 0.2) is 200 Å². The molecule has 0 atom stereocenters. The van der Waals surface area contributed by atoms with E-state index in [-0.39, 0.29) is 0 Å². The van der Waals surface area contributed by atoms with Gasteiger partial charge in [0.1, 0.15) is 0 Å². The summed E-state index contributed by atoms with van der Waals surface area (Å²) < 4.78 is 2.39. The third kappa shape index (κ3) is 5.30. The van der Waals surface area contributed by atoms with Crippen LogP contribution in [0, 0.1) is 0 Å². The third-order valence-electron chi connectivity index (χ3n) is 10.3. The van der Waals surface area contributed by atoms with Crippen LogP contribution in [-0.4, -0.2) is 4.57 Å². The number of aromatic nitrogens is 1. The molecule has 0 radical (unpaired) electrons. The molecule has 0 unspecified atom stereocenters. The van der Waals surface area contributed by atoms with Crippen LogP contribution in [0.5, 0.6) is 0 Å². The van der Waals surface area contributed by atoms with Gasteiger partial charge >= 0.3 is 0 Å². The lowest BCUT2D eigenvalue weighted by Crippen LogP contribution is -1.94. The van der Waals surface area contributed by atoms with Crippen molar-refractivity contribution in [2.24, 2.45) is 0 Å². The fourth-order valence-electron chi connectivity index (χ4n) is 7.78. The van der Waals surface area contributed by atoms with Gasteiger partial charge in [0.25, 0.3) is 0 Å². The molecule has 0 spiro atoms. The quantitative estimate of drug-likeness (QED) is 0.187. The van der Waals surface area contributed by atoms with Gasteiger partial charge in [-0.25, -0.2) is 0 Å². The van der Waals surface area contributed by atoms with Crippen molar-refractivity contribution in [1.82, 2.24) is 4.57 Å². The number of nitrogens with zero attached hydrogens (tertiary/aromatic N) is 1. The topological polar surface area (TPSA) is 17.0 Å².